The normalized spacial score (nSPS) is 10.9. The van der Waals surface area contributed by atoms with Gasteiger partial charge in [0.05, 0.1) is 26.5 Å². The van der Waals surface area contributed by atoms with Crippen LogP contribution in [0.4, 0.5) is 0 Å². The van der Waals surface area contributed by atoms with Crippen molar-refractivity contribution in [1.29, 1.82) is 0 Å². The number of nitrogens with zero attached hydrogens (tertiary/aromatic N) is 3. The molecule has 2 heterocycles. The quantitative estimate of drug-likeness (QED) is 0.255. The number of furan rings is 1. The molecule has 0 aliphatic rings. The summed E-state index contributed by atoms with van der Waals surface area (Å²) in [5.74, 6) is 3.93. The van der Waals surface area contributed by atoms with E-state index in [1.807, 2.05) is 65.2 Å². The van der Waals surface area contributed by atoms with Gasteiger partial charge in [-0.15, -0.1) is 10.2 Å². The molecule has 0 spiro atoms. The first-order chi connectivity index (χ1) is 14.7. The molecule has 2 aromatic heterocycles. The van der Waals surface area contributed by atoms with E-state index in [2.05, 4.69) is 10.2 Å². The fourth-order valence-electron chi connectivity index (χ4n) is 2.87. The van der Waals surface area contributed by atoms with Crippen molar-refractivity contribution in [2.24, 2.45) is 0 Å². The number of aromatic nitrogens is 3. The lowest BCUT2D eigenvalue weighted by molar-refractivity contribution is 0.342. The van der Waals surface area contributed by atoms with Crippen molar-refractivity contribution in [1.82, 2.24) is 14.8 Å². The Morgan fingerprint density at radius 1 is 1.00 bits per heavy atom. The van der Waals surface area contributed by atoms with Crippen molar-refractivity contribution >= 4 is 23.4 Å². The molecule has 0 fully saturated rings. The summed E-state index contributed by atoms with van der Waals surface area (Å²) in [5.41, 5.74) is 0.944. The zero-order valence-electron chi connectivity index (χ0n) is 16.3. The van der Waals surface area contributed by atoms with Crippen LogP contribution in [0.5, 0.6) is 11.5 Å². The third-order valence-corrected chi connectivity index (χ3v) is 5.54. The monoisotopic (exact) mass is 441 g/mol. The number of hydrogen-bond donors (Lipinski definition) is 0. The van der Waals surface area contributed by atoms with Crippen molar-refractivity contribution in [3.63, 3.8) is 0 Å². The average Bonchev–Trinajstić information content (AvgIpc) is 3.43. The van der Waals surface area contributed by atoms with Crippen LogP contribution in [0.3, 0.4) is 0 Å². The summed E-state index contributed by atoms with van der Waals surface area (Å²) in [5, 5.41) is 10.3. The van der Waals surface area contributed by atoms with Crippen LogP contribution >= 0.6 is 23.4 Å². The molecule has 0 saturated heterocycles. The molecule has 0 unspecified atom stereocenters. The van der Waals surface area contributed by atoms with Gasteiger partial charge >= 0.3 is 0 Å². The van der Waals surface area contributed by atoms with E-state index < -0.39 is 0 Å². The standard InChI is InChI=1S/C22H20ClN3O3S/c1-27-18-8-10-19(11-9-18)29-13-14-30-22-25-24-21(16-4-6-17(23)7-5-16)26(22)15-20-3-2-12-28-20/h2-12H,13-15H2,1H3. The summed E-state index contributed by atoms with van der Waals surface area (Å²) in [6, 6.07) is 18.9. The van der Waals surface area contributed by atoms with Crippen molar-refractivity contribution in [2.45, 2.75) is 11.7 Å². The largest absolute Gasteiger partial charge is 0.497 e. The average molecular weight is 442 g/mol. The maximum Gasteiger partial charge on any atom is 0.192 e. The second-order valence-electron chi connectivity index (χ2n) is 6.35. The molecule has 30 heavy (non-hydrogen) atoms. The molecule has 0 saturated carbocycles. The van der Waals surface area contributed by atoms with Crippen LogP contribution in [0.1, 0.15) is 5.76 Å². The summed E-state index contributed by atoms with van der Waals surface area (Å²) in [6.07, 6.45) is 1.66. The Hall–Kier alpha value is -2.90. The van der Waals surface area contributed by atoms with E-state index in [-0.39, 0.29) is 0 Å². The fourth-order valence-corrected chi connectivity index (χ4v) is 3.75. The molecule has 4 rings (SSSR count). The summed E-state index contributed by atoms with van der Waals surface area (Å²) in [6.45, 7) is 1.08. The first kappa shape index (κ1) is 20.4. The van der Waals surface area contributed by atoms with Crippen LogP contribution in [-0.2, 0) is 6.54 Å². The fraction of sp³-hybridized carbons (Fsp3) is 0.182. The topological polar surface area (TPSA) is 62.3 Å². The van der Waals surface area contributed by atoms with Crippen LogP contribution < -0.4 is 9.47 Å². The minimum atomic E-state index is 0.541. The van der Waals surface area contributed by atoms with Gasteiger partial charge in [0.2, 0.25) is 0 Å². The van der Waals surface area contributed by atoms with E-state index in [4.69, 9.17) is 25.5 Å². The summed E-state index contributed by atoms with van der Waals surface area (Å²) in [7, 11) is 1.64. The Bertz CT molecular complexity index is 1060. The molecule has 2 aromatic carbocycles. The molecule has 0 atom stereocenters. The number of ether oxygens (including phenoxy) is 2. The van der Waals surface area contributed by atoms with E-state index in [1.54, 1.807) is 25.1 Å². The molecule has 0 N–H and O–H groups in total. The van der Waals surface area contributed by atoms with Gasteiger partial charge in [0.15, 0.2) is 11.0 Å². The van der Waals surface area contributed by atoms with Gasteiger partial charge in [0, 0.05) is 16.3 Å². The van der Waals surface area contributed by atoms with Crippen molar-refractivity contribution in [3.05, 3.63) is 77.7 Å². The second-order valence-corrected chi connectivity index (χ2v) is 7.85. The SMILES string of the molecule is COc1ccc(OCCSc2nnc(-c3ccc(Cl)cc3)n2Cc2ccco2)cc1. The van der Waals surface area contributed by atoms with E-state index in [0.29, 0.717) is 18.2 Å². The van der Waals surface area contributed by atoms with Gasteiger partial charge < -0.3 is 13.9 Å². The number of halogens is 1. The third kappa shape index (κ3) is 4.98. The van der Waals surface area contributed by atoms with Crippen molar-refractivity contribution in [3.8, 4) is 22.9 Å². The highest BCUT2D eigenvalue weighted by atomic mass is 35.5. The van der Waals surface area contributed by atoms with Gasteiger partial charge in [-0.3, -0.25) is 4.57 Å². The van der Waals surface area contributed by atoms with Crippen LogP contribution in [0.25, 0.3) is 11.4 Å². The Morgan fingerprint density at radius 2 is 1.77 bits per heavy atom. The predicted molar refractivity (Wildman–Crippen MR) is 117 cm³/mol. The van der Waals surface area contributed by atoms with Gasteiger partial charge in [-0.2, -0.15) is 0 Å². The maximum absolute atomic E-state index is 6.03. The van der Waals surface area contributed by atoms with E-state index in [9.17, 15) is 0 Å². The van der Waals surface area contributed by atoms with E-state index in [1.165, 1.54) is 0 Å². The highest BCUT2D eigenvalue weighted by Crippen LogP contribution is 2.26. The number of benzene rings is 2. The highest BCUT2D eigenvalue weighted by molar-refractivity contribution is 7.99. The lowest BCUT2D eigenvalue weighted by Crippen LogP contribution is -2.05. The van der Waals surface area contributed by atoms with Crippen LogP contribution in [-0.4, -0.2) is 34.2 Å². The van der Waals surface area contributed by atoms with Gasteiger partial charge in [-0.1, -0.05) is 23.4 Å². The van der Waals surface area contributed by atoms with E-state index >= 15 is 0 Å². The molecule has 8 heteroatoms. The number of rotatable bonds is 9. The van der Waals surface area contributed by atoms with Crippen molar-refractivity contribution < 1.29 is 13.9 Å². The Morgan fingerprint density at radius 3 is 2.47 bits per heavy atom. The van der Waals surface area contributed by atoms with Crippen molar-refractivity contribution in [2.75, 3.05) is 19.5 Å². The molecule has 0 aliphatic heterocycles. The molecule has 0 amide bonds. The first-order valence-corrected chi connectivity index (χ1v) is 10.7. The van der Waals surface area contributed by atoms with Crippen LogP contribution in [0.2, 0.25) is 5.02 Å². The van der Waals surface area contributed by atoms with Gasteiger partial charge in [0.25, 0.3) is 0 Å². The molecule has 4 aromatic rings. The van der Waals surface area contributed by atoms with Crippen LogP contribution in [0, 0.1) is 0 Å². The van der Waals surface area contributed by atoms with Gasteiger partial charge in [-0.05, 0) is 60.7 Å². The zero-order valence-corrected chi connectivity index (χ0v) is 17.9. The highest BCUT2D eigenvalue weighted by Gasteiger charge is 2.16. The van der Waals surface area contributed by atoms with Gasteiger partial charge in [-0.25, -0.2) is 0 Å². The third-order valence-electron chi connectivity index (χ3n) is 4.36. The summed E-state index contributed by atoms with van der Waals surface area (Å²) >= 11 is 7.61. The Balaban J connectivity index is 1.45. The summed E-state index contributed by atoms with van der Waals surface area (Å²) < 4.78 is 18.5. The minimum Gasteiger partial charge on any atom is -0.497 e. The lowest BCUT2D eigenvalue weighted by atomic mass is 10.2. The Kier molecular flexibility index (Phi) is 6.61. The number of methoxy groups -OCH3 is 1. The minimum absolute atomic E-state index is 0.541. The number of thioether (sulfide) groups is 1. The lowest BCUT2D eigenvalue weighted by Gasteiger charge is -2.10. The molecule has 6 nitrogen and oxygen atoms in total. The first-order valence-electron chi connectivity index (χ1n) is 9.34. The molecular formula is C22H20ClN3O3S. The molecule has 0 aliphatic carbocycles. The number of hydrogen-bond acceptors (Lipinski definition) is 6. The van der Waals surface area contributed by atoms with Crippen LogP contribution in [0.15, 0.2) is 76.5 Å². The smallest absolute Gasteiger partial charge is 0.192 e. The van der Waals surface area contributed by atoms with Gasteiger partial charge in [0.1, 0.15) is 17.3 Å². The maximum atomic E-state index is 6.03. The second kappa shape index (κ2) is 9.73. The Labute approximate surface area is 183 Å². The molecule has 154 valence electrons. The predicted octanol–water partition coefficient (Wildman–Crippen LogP) is 5.42. The molecular weight excluding hydrogens is 422 g/mol. The molecule has 0 bridgehead atoms. The zero-order chi connectivity index (χ0) is 20.8. The van der Waals surface area contributed by atoms with E-state index in [0.717, 1.165) is 39.6 Å². The summed E-state index contributed by atoms with van der Waals surface area (Å²) in [4.78, 5) is 0. The molecule has 0 radical (unpaired) electrons.